The molecule has 0 aliphatic rings. The molecule has 0 saturated carbocycles. The molecule has 20 heavy (non-hydrogen) atoms. The van der Waals surface area contributed by atoms with Gasteiger partial charge in [0.05, 0.1) is 6.04 Å². The van der Waals surface area contributed by atoms with Crippen molar-refractivity contribution in [3.05, 3.63) is 81.7 Å². The van der Waals surface area contributed by atoms with Crippen LogP contribution in [0.4, 0.5) is 0 Å². The van der Waals surface area contributed by atoms with Gasteiger partial charge in [0.1, 0.15) is 0 Å². The summed E-state index contributed by atoms with van der Waals surface area (Å²) in [5.41, 5.74) is 11.7. The van der Waals surface area contributed by atoms with Gasteiger partial charge in [0.2, 0.25) is 0 Å². The molecule has 98 valence electrons. The van der Waals surface area contributed by atoms with Crippen LogP contribution in [-0.4, -0.2) is 0 Å². The van der Waals surface area contributed by atoms with E-state index in [0.29, 0.717) is 0 Å². The molecule has 2 aromatic carbocycles. The van der Waals surface area contributed by atoms with E-state index >= 15 is 0 Å². The Balaban J connectivity index is 2.53. The van der Waals surface area contributed by atoms with E-state index in [4.69, 9.17) is 5.53 Å². The van der Waals surface area contributed by atoms with E-state index in [9.17, 15) is 0 Å². The maximum Gasteiger partial charge on any atom is 0.0888 e. The van der Waals surface area contributed by atoms with Crippen LogP contribution in [0.3, 0.4) is 0 Å². The van der Waals surface area contributed by atoms with Crippen LogP contribution in [0.5, 0.6) is 0 Å². The third-order valence-electron chi connectivity index (χ3n) is 2.94. The van der Waals surface area contributed by atoms with Crippen molar-refractivity contribution < 1.29 is 0 Å². The molecular formula is C17H15N3. The van der Waals surface area contributed by atoms with E-state index in [0.717, 1.165) is 23.1 Å². The Morgan fingerprint density at radius 1 is 1.10 bits per heavy atom. The summed E-state index contributed by atoms with van der Waals surface area (Å²) in [6, 6.07) is 17.2. The number of benzene rings is 2. The number of hydrogen-bond donors (Lipinski definition) is 0. The molecule has 0 bridgehead atoms. The lowest BCUT2D eigenvalue weighted by Gasteiger charge is -2.14. The minimum atomic E-state index is -0.344. The van der Waals surface area contributed by atoms with Crippen molar-refractivity contribution >= 4 is 0 Å². The normalized spacial score (nSPS) is 10.8. The third-order valence-corrected chi connectivity index (χ3v) is 2.94. The molecule has 0 fully saturated rings. The fourth-order valence-corrected chi connectivity index (χ4v) is 2.03. The summed E-state index contributed by atoms with van der Waals surface area (Å²) in [6.45, 7) is 2.01. The molecule has 2 rings (SSSR count). The molecule has 0 N–H and O–H groups in total. The zero-order chi connectivity index (χ0) is 14.2. The monoisotopic (exact) mass is 261 g/mol. The van der Waals surface area contributed by atoms with Crippen molar-refractivity contribution in [1.82, 2.24) is 0 Å². The van der Waals surface area contributed by atoms with Crippen LogP contribution in [0.2, 0.25) is 0 Å². The summed E-state index contributed by atoms with van der Waals surface area (Å²) >= 11 is 0. The second kappa shape index (κ2) is 7.04. The summed E-state index contributed by atoms with van der Waals surface area (Å²) in [5.74, 6) is 6.21. The van der Waals surface area contributed by atoms with E-state index in [1.54, 1.807) is 0 Å². The Labute approximate surface area is 118 Å². The van der Waals surface area contributed by atoms with Gasteiger partial charge in [-0.3, -0.25) is 0 Å². The number of rotatable bonds is 3. The molecule has 0 aromatic heterocycles. The molecule has 3 heteroatoms. The highest BCUT2D eigenvalue weighted by Gasteiger charge is 2.14. The molecule has 1 unspecified atom stereocenters. The quantitative estimate of drug-likeness (QED) is 0.328. The highest BCUT2D eigenvalue weighted by molar-refractivity contribution is 5.46. The maximum absolute atomic E-state index is 8.85. The molecule has 0 aliphatic carbocycles. The Hall–Kier alpha value is -2.69. The first-order valence-electron chi connectivity index (χ1n) is 6.53. The molecule has 0 saturated heterocycles. The van der Waals surface area contributed by atoms with Gasteiger partial charge >= 0.3 is 0 Å². The molecule has 0 aliphatic heterocycles. The highest BCUT2D eigenvalue weighted by Crippen LogP contribution is 2.28. The summed E-state index contributed by atoms with van der Waals surface area (Å²) in [7, 11) is 0. The maximum atomic E-state index is 8.85. The number of nitrogens with zero attached hydrogens (tertiary/aromatic N) is 3. The molecule has 0 heterocycles. The molecular weight excluding hydrogens is 246 g/mol. The summed E-state index contributed by atoms with van der Waals surface area (Å²) in [4.78, 5) is 2.99. The van der Waals surface area contributed by atoms with E-state index in [2.05, 4.69) is 21.9 Å². The lowest BCUT2D eigenvalue weighted by molar-refractivity contribution is 0.856. The summed E-state index contributed by atoms with van der Waals surface area (Å²) in [5, 5.41) is 3.95. The first-order chi connectivity index (χ1) is 9.86. The standard InChI is InChI=1S/C17H15N3/c1-2-3-9-14-10-7-8-13-16(14)17(19-20-18)15-11-5-4-6-12-15/h4-8,10-13,17H,2H2,1H3. The van der Waals surface area contributed by atoms with Crippen molar-refractivity contribution in [3.63, 3.8) is 0 Å². The van der Waals surface area contributed by atoms with Gasteiger partial charge < -0.3 is 0 Å². The minimum absolute atomic E-state index is 0.344. The molecule has 3 nitrogen and oxygen atoms in total. The van der Waals surface area contributed by atoms with E-state index in [1.807, 2.05) is 61.5 Å². The molecule has 1 atom stereocenters. The zero-order valence-electron chi connectivity index (χ0n) is 11.3. The van der Waals surface area contributed by atoms with E-state index < -0.39 is 0 Å². The third kappa shape index (κ3) is 3.20. The Morgan fingerprint density at radius 2 is 1.80 bits per heavy atom. The fourth-order valence-electron chi connectivity index (χ4n) is 2.03. The van der Waals surface area contributed by atoms with Crippen LogP contribution in [0.15, 0.2) is 59.7 Å². The second-order valence-electron chi connectivity index (χ2n) is 4.26. The van der Waals surface area contributed by atoms with Gasteiger partial charge in [-0.05, 0) is 22.7 Å². The SMILES string of the molecule is CCC#Cc1ccccc1C(N=[N+]=[N-])c1ccccc1. The van der Waals surface area contributed by atoms with Gasteiger partial charge in [-0.25, -0.2) is 0 Å². The molecule has 2 aromatic rings. The number of hydrogen-bond acceptors (Lipinski definition) is 1. The van der Waals surface area contributed by atoms with Crippen molar-refractivity contribution in [1.29, 1.82) is 0 Å². The molecule has 0 radical (unpaired) electrons. The van der Waals surface area contributed by atoms with Crippen molar-refractivity contribution in [2.75, 3.05) is 0 Å². The Kier molecular flexibility index (Phi) is 4.83. The van der Waals surface area contributed by atoms with Crippen LogP contribution in [0, 0.1) is 11.8 Å². The molecule has 0 amide bonds. The fraction of sp³-hybridized carbons (Fsp3) is 0.176. The van der Waals surface area contributed by atoms with E-state index in [-0.39, 0.29) is 6.04 Å². The zero-order valence-corrected chi connectivity index (χ0v) is 11.3. The first-order valence-corrected chi connectivity index (χ1v) is 6.53. The van der Waals surface area contributed by atoms with Crippen molar-refractivity contribution in [2.24, 2.45) is 5.11 Å². The Bertz CT molecular complexity index is 674. The smallest absolute Gasteiger partial charge is 0.0888 e. The second-order valence-corrected chi connectivity index (χ2v) is 4.26. The van der Waals surface area contributed by atoms with Gasteiger partial charge in [-0.2, -0.15) is 0 Å². The van der Waals surface area contributed by atoms with E-state index in [1.165, 1.54) is 0 Å². The number of azide groups is 1. The highest BCUT2D eigenvalue weighted by atomic mass is 15.1. The Morgan fingerprint density at radius 3 is 2.50 bits per heavy atom. The summed E-state index contributed by atoms with van der Waals surface area (Å²) < 4.78 is 0. The largest absolute Gasteiger partial charge is 0.0982 e. The first kappa shape index (κ1) is 13.7. The van der Waals surface area contributed by atoms with Crippen LogP contribution < -0.4 is 0 Å². The molecule has 0 spiro atoms. The van der Waals surface area contributed by atoms with Crippen molar-refractivity contribution in [3.8, 4) is 11.8 Å². The lowest BCUT2D eigenvalue weighted by Crippen LogP contribution is -2.00. The lowest BCUT2D eigenvalue weighted by atomic mass is 9.95. The van der Waals surface area contributed by atoms with Crippen LogP contribution in [0.1, 0.15) is 36.1 Å². The van der Waals surface area contributed by atoms with Gasteiger partial charge in [0.25, 0.3) is 0 Å². The average Bonchev–Trinajstić information content (AvgIpc) is 2.52. The summed E-state index contributed by atoms with van der Waals surface area (Å²) in [6.07, 6.45) is 0.797. The predicted molar refractivity (Wildman–Crippen MR) is 81.0 cm³/mol. The van der Waals surface area contributed by atoms with Crippen LogP contribution >= 0.6 is 0 Å². The van der Waals surface area contributed by atoms with Gasteiger partial charge in [-0.1, -0.05) is 72.4 Å². The van der Waals surface area contributed by atoms with Gasteiger partial charge in [0, 0.05) is 16.9 Å². The minimum Gasteiger partial charge on any atom is -0.0982 e. The van der Waals surface area contributed by atoms with Crippen LogP contribution in [-0.2, 0) is 0 Å². The van der Waals surface area contributed by atoms with Crippen molar-refractivity contribution in [2.45, 2.75) is 19.4 Å². The van der Waals surface area contributed by atoms with Gasteiger partial charge in [-0.15, -0.1) is 0 Å². The predicted octanol–water partition coefficient (Wildman–Crippen LogP) is 4.85. The van der Waals surface area contributed by atoms with Crippen LogP contribution in [0.25, 0.3) is 10.4 Å². The topological polar surface area (TPSA) is 48.8 Å². The van der Waals surface area contributed by atoms with Gasteiger partial charge in [0.15, 0.2) is 0 Å². The average molecular weight is 261 g/mol.